The Morgan fingerprint density at radius 2 is 2.11 bits per heavy atom. The van der Waals surface area contributed by atoms with Crippen LogP contribution >= 0.6 is 24.0 Å². The van der Waals surface area contributed by atoms with Crippen LogP contribution in [-0.4, -0.2) is 32.8 Å². The van der Waals surface area contributed by atoms with Crippen LogP contribution in [0.5, 0.6) is 5.75 Å². The van der Waals surface area contributed by atoms with E-state index in [1.54, 1.807) is 0 Å². The molecule has 3 rings (SSSR count). The summed E-state index contributed by atoms with van der Waals surface area (Å²) in [6.45, 7) is 5.13. The van der Waals surface area contributed by atoms with Crippen molar-refractivity contribution >= 4 is 29.7 Å². The van der Waals surface area contributed by atoms with E-state index in [0.29, 0.717) is 0 Å². The van der Waals surface area contributed by atoms with Crippen molar-refractivity contribution in [3.05, 3.63) is 23.2 Å². The molecule has 0 atom stereocenters. The van der Waals surface area contributed by atoms with Crippen LogP contribution in [0.4, 0.5) is 5.69 Å². The van der Waals surface area contributed by atoms with Gasteiger partial charge in [-0.05, 0) is 44.0 Å². The van der Waals surface area contributed by atoms with E-state index < -0.39 is 0 Å². The molecule has 2 heterocycles. The highest BCUT2D eigenvalue weighted by molar-refractivity contribution is 6.32. The Labute approximate surface area is 125 Å². The lowest BCUT2D eigenvalue weighted by molar-refractivity contribution is 0.295. The van der Waals surface area contributed by atoms with E-state index in [9.17, 15) is 0 Å². The lowest BCUT2D eigenvalue weighted by atomic mass is 9.97. The molecular formula is C14H20Cl2N2O. The fraction of sp³-hybridized carbons (Fsp3) is 0.571. The van der Waals surface area contributed by atoms with Gasteiger partial charge in [0.1, 0.15) is 6.61 Å². The first-order valence-electron chi connectivity index (χ1n) is 6.71. The van der Waals surface area contributed by atoms with Crippen molar-refractivity contribution in [2.75, 3.05) is 37.7 Å². The Morgan fingerprint density at radius 1 is 1.32 bits per heavy atom. The minimum atomic E-state index is 0. The van der Waals surface area contributed by atoms with Crippen LogP contribution in [0.2, 0.25) is 5.02 Å². The molecule has 0 amide bonds. The lowest BCUT2D eigenvalue weighted by Gasteiger charge is -2.35. The quantitative estimate of drug-likeness (QED) is 0.909. The molecule has 5 heteroatoms. The molecule has 1 N–H and O–H groups in total. The molecule has 0 aliphatic carbocycles. The fourth-order valence-electron chi connectivity index (χ4n) is 2.83. The maximum Gasteiger partial charge on any atom is 0.161 e. The molecule has 2 aliphatic heterocycles. The Morgan fingerprint density at radius 3 is 2.89 bits per heavy atom. The van der Waals surface area contributed by atoms with Crippen LogP contribution in [0, 0.1) is 5.92 Å². The lowest BCUT2D eigenvalue weighted by Crippen LogP contribution is -2.40. The zero-order chi connectivity index (χ0) is 12.4. The van der Waals surface area contributed by atoms with Crippen molar-refractivity contribution in [3.63, 3.8) is 0 Å². The van der Waals surface area contributed by atoms with Gasteiger partial charge in [-0.1, -0.05) is 17.7 Å². The Hall–Kier alpha value is -0.640. The minimum absolute atomic E-state index is 0. The Balaban J connectivity index is 0.00000133. The van der Waals surface area contributed by atoms with Gasteiger partial charge < -0.3 is 15.0 Å². The molecule has 1 aromatic rings. The smallest absolute Gasteiger partial charge is 0.161 e. The van der Waals surface area contributed by atoms with E-state index >= 15 is 0 Å². The number of rotatable bonds is 2. The van der Waals surface area contributed by atoms with Gasteiger partial charge in [0, 0.05) is 6.54 Å². The van der Waals surface area contributed by atoms with Gasteiger partial charge in [0.05, 0.1) is 17.3 Å². The summed E-state index contributed by atoms with van der Waals surface area (Å²) in [6.07, 6.45) is 2.54. The van der Waals surface area contributed by atoms with Gasteiger partial charge in [-0.3, -0.25) is 0 Å². The van der Waals surface area contributed by atoms with Crippen LogP contribution < -0.4 is 15.0 Å². The highest BCUT2D eigenvalue weighted by atomic mass is 35.5. The SMILES string of the molecule is Cl.Clc1cccc2c1OCCN2CC1CCNCC1. The fourth-order valence-corrected chi connectivity index (χ4v) is 3.06. The van der Waals surface area contributed by atoms with Gasteiger partial charge in [0.2, 0.25) is 0 Å². The normalized spacial score (nSPS) is 19.3. The van der Waals surface area contributed by atoms with Gasteiger partial charge in [-0.2, -0.15) is 0 Å². The van der Waals surface area contributed by atoms with Gasteiger partial charge in [-0.15, -0.1) is 12.4 Å². The summed E-state index contributed by atoms with van der Waals surface area (Å²) in [5, 5.41) is 4.14. The molecule has 0 bridgehead atoms. The van der Waals surface area contributed by atoms with E-state index in [1.807, 2.05) is 12.1 Å². The molecular weight excluding hydrogens is 283 g/mol. The molecule has 3 nitrogen and oxygen atoms in total. The van der Waals surface area contributed by atoms with Crippen LogP contribution in [0.1, 0.15) is 12.8 Å². The molecule has 0 aromatic heterocycles. The molecule has 106 valence electrons. The first-order valence-corrected chi connectivity index (χ1v) is 7.09. The number of halogens is 2. The number of ether oxygens (including phenoxy) is 1. The molecule has 1 fully saturated rings. The summed E-state index contributed by atoms with van der Waals surface area (Å²) >= 11 is 6.19. The summed E-state index contributed by atoms with van der Waals surface area (Å²) in [6, 6.07) is 6.02. The number of para-hydroxylation sites is 1. The van der Waals surface area contributed by atoms with Crippen LogP contribution in [0.3, 0.4) is 0 Å². The van der Waals surface area contributed by atoms with E-state index in [4.69, 9.17) is 16.3 Å². The number of hydrogen-bond acceptors (Lipinski definition) is 3. The van der Waals surface area contributed by atoms with E-state index in [2.05, 4.69) is 16.3 Å². The van der Waals surface area contributed by atoms with Crippen molar-refractivity contribution in [2.45, 2.75) is 12.8 Å². The van der Waals surface area contributed by atoms with Crippen molar-refractivity contribution in [1.29, 1.82) is 0 Å². The van der Waals surface area contributed by atoms with E-state index in [1.165, 1.54) is 12.8 Å². The maximum atomic E-state index is 6.19. The molecule has 0 spiro atoms. The average molecular weight is 303 g/mol. The second-order valence-electron chi connectivity index (χ2n) is 5.08. The van der Waals surface area contributed by atoms with E-state index in [0.717, 1.165) is 55.2 Å². The number of benzene rings is 1. The molecule has 19 heavy (non-hydrogen) atoms. The summed E-state index contributed by atoms with van der Waals surface area (Å²) in [5.41, 5.74) is 1.16. The first-order chi connectivity index (χ1) is 8.84. The number of nitrogens with zero attached hydrogens (tertiary/aromatic N) is 1. The number of nitrogens with one attached hydrogen (secondary N) is 1. The van der Waals surface area contributed by atoms with Crippen LogP contribution in [0.25, 0.3) is 0 Å². The third kappa shape index (κ3) is 3.28. The third-order valence-corrected chi connectivity index (χ3v) is 4.13. The molecule has 1 aromatic carbocycles. The Bertz CT molecular complexity index is 422. The monoisotopic (exact) mass is 302 g/mol. The molecule has 0 unspecified atom stereocenters. The predicted octanol–water partition coefficient (Wildman–Crippen LogP) is 2.96. The highest BCUT2D eigenvalue weighted by Crippen LogP contribution is 2.38. The van der Waals surface area contributed by atoms with Gasteiger partial charge in [0.15, 0.2) is 5.75 Å². The van der Waals surface area contributed by atoms with Gasteiger partial charge in [0.25, 0.3) is 0 Å². The van der Waals surface area contributed by atoms with E-state index in [-0.39, 0.29) is 12.4 Å². The Kier molecular flexibility index (Phi) is 5.20. The summed E-state index contributed by atoms with van der Waals surface area (Å²) in [5.74, 6) is 1.65. The first kappa shape index (κ1) is 14.8. The van der Waals surface area contributed by atoms with Crippen molar-refractivity contribution < 1.29 is 4.74 Å². The predicted molar refractivity (Wildman–Crippen MR) is 82.0 cm³/mol. The molecule has 0 radical (unpaired) electrons. The van der Waals surface area contributed by atoms with Crippen LogP contribution in [0.15, 0.2) is 18.2 Å². The van der Waals surface area contributed by atoms with Crippen molar-refractivity contribution in [2.24, 2.45) is 5.92 Å². The standard InChI is InChI=1S/C14H19ClN2O.ClH/c15-12-2-1-3-13-14(12)18-9-8-17(13)10-11-4-6-16-7-5-11;/h1-3,11,16H,4-10H2;1H. The van der Waals surface area contributed by atoms with Gasteiger partial charge >= 0.3 is 0 Å². The van der Waals surface area contributed by atoms with Gasteiger partial charge in [-0.25, -0.2) is 0 Å². The van der Waals surface area contributed by atoms with Crippen LogP contribution in [-0.2, 0) is 0 Å². The zero-order valence-electron chi connectivity index (χ0n) is 10.9. The largest absolute Gasteiger partial charge is 0.488 e. The average Bonchev–Trinajstić information content (AvgIpc) is 2.41. The summed E-state index contributed by atoms with van der Waals surface area (Å²) < 4.78 is 5.69. The minimum Gasteiger partial charge on any atom is -0.488 e. The van der Waals surface area contributed by atoms with Crippen molar-refractivity contribution in [1.82, 2.24) is 5.32 Å². The third-order valence-electron chi connectivity index (χ3n) is 3.83. The number of fused-ring (bicyclic) bond motifs is 1. The topological polar surface area (TPSA) is 24.5 Å². The number of hydrogen-bond donors (Lipinski definition) is 1. The zero-order valence-corrected chi connectivity index (χ0v) is 12.5. The summed E-state index contributed by atoms with van der Waals surface area (Å²) in [4.78, 5) is 2.43. The number of anilines is 1. The van der Waals surface area contributed by atoms with Crippen molar-refractivity contribution in [3.8, 4) is 5.75 Å². The highest BCUT2D eigenvalue weighted by Gasteiger charge is 2.23. The molecule has 1 saturated heterocycles. The maximum absolute atomic E-state index is 6.19. The second-order valence-corrected chi connectivity index (χ2v) is 5.48. The molecule has 2 aliphatic rings. The molecule has 0 saturated carbocycles. The number of piperidine rings is 1. The second kappa shape index (κ2) is 6.69. The summed E-state index contributed by atoms with van der Waals surface area (Å²) in [7, 11) is 0.